The van der Waals surface area contributed by atoms with E-state index in [2.05, 4.69) is 0 Å². The van der Waals surface area contributed by atoms with Crippen molar-refractivity contribution in [1.29, 1.82) is 0 Å². The summed E-state index contributed by atoms with van der Waals surface area (Å²) < 4.78 is 33.4. The first-order chi connectivity index (χ1) is 13.0. The summed E-state index contributed by atoms with van der Waals surface area (Å²) in [5, 5.41) is 9.14. The van der Waals surface area contributed by atoms with Gasteiger partial charge in [0.2, 0.25) is 0 Å². The van der Waals surface area contributed by atoms with Gasteiger partial charge in [-0.3, -0.25) is 0 Å². The first-order valence-corrected chi connectivity index (χ1v) is 9.75. The molecule has 1 N–H and O–H groups in total. The van der Waals surface area contributed by atoms with E-state index in [1.807, 2.05) is 6.92 Å². The molecule has 164 valence electrons. The van der Waals surface area contributed by atoms with Gasteiger partial charge in [0.1, 0.15) is 0 Å². The highest BCUT2D eigenvalue weighted by molar-refractivity contribution is 4.76. The highest BCUT2D eigenvalue weighted by atomic mass is 16.5. The van der Waals surface area contributed by atoms with Crippen LogP contribution in [0.1, 0.15) is 45.4 Å². The lowest BCUT2D eigenvalue weighted by molar-refractivity contribution is -0.0488. The molecule has 0 radical (unpaired) electrons. The summed E-state index contributed by atoms with van der Waals surface area (Å²) in [6, 6.07) is 0. The summed E-state index contributed by atoms with van der Waals surface area (Å²) in [6.45, 7) is 2.14. The van der Waals surface area contributed by atoms with Gasteiger partial charge in [-0.25, -0.2) is 0 Å². The second-order valence-electron chi connectivity index (χ2n) is 7.03. The van der Waals surface area contributed by atoms with Crippen molar-refractivity contribution in [3.05, 3.63) is 0 Å². The van der Waals surface area contributed by atoms with Crippen LogP contribution in [0.5, 0.6) is 0 Å². The molecule has 0 saturated carbocycles. The topological polar surface area (TPSA) is 75.6 Å². The lowest BCUT2D eigenvalue weighted by Gasteiger charge is -2.29. The maximum atomic E-state index is 9.14. The SMILES string of the molecule is COC(C)CC(CC(CC(CC(CC(CCO)OC)OC)OC)OC)OC. The maximum Gasteiger partial charge on any atom is 0.0620 e. The van der Waals surface area contributed by atoms with Crippen LogP contribution in [0.3, 0.4) is 0 Å². The molecular formula is C20H42O7. The Balaban J connectivity index is 4.69. The van der Waals surface area contributed by atoms with Crippen LogP contribution in [-0.4, -0.2) is 91.0 Å². The Bertz CT molecular complexity index is 329. The summed E-state index contributed by atoms with van der Waals surface area (Å²) in [7, 11) is 10.2. The van der Waals surface area contributed by atoms with Gasteiger partial charge in [0.05, 0.1) is 36.6 Å². The fourth-order valence-electron chi connectivity index (χ4n) is 3.27. The smallest absolute Gasteiger partial charge is 0.0620 e. The minimum Gasteiger partial charge on any atom is -0.396 e. The molecule has 27 heavy (non-hydrogen) atoms. The fraction of sp³-hybridized carbons (Fsp3) is 1.00. The molecule has 6 unspecified atom stereocenters. The number of aliphatic hydroxyl groups is 1. The molecule has 0 aromatic heterocycles. The lowest BCUT2D eigenvalue weighted by Crippen LogP contribution is -2.32. The van der Waals surface area contributed by atoms with Crippen molar-refractivity contribution < 1.29 is 33.5 Å². The standard InChI is InChI=1S/C20H42O7/c1-15(22-2)10-17(24-4)12-19(26-6)14-20(27-7)13-18(25-5)11-16(23-3)8-9-21/h15-21H,8-14H2,1-7H3. The summed E-state index contributed by atoms with van der Waals surface area (Å²) in [4.78, 5) is 0. The zero-order valence-corrected chi connectivity index (χ0v) is 18.3. The largest absolute Gasteiger partial charge is 0.396 e. The third-order valence-electron chi connectivity index (χ3n) is 5.22. The van der Waals surface area contributed by atoms with E-state index < -0.39 is 0 Å². The molecular weight excluding hydrogens is 352 g/mol. The van der Waals surface area contributed by atoms with Crippen molar-refractivity contribution >= 4 is 0 Å². The van der Waals surface area contributed by atoms with Crippen LogP contribution in [0.15, 0.2) is 0 Å². The Labute approximate surface area is 165 Å². The Kier molecular flexibility index (Phi) is 16.5. The molecule has 7 heteroatoms. The molecule has 6 atom stereocenters. The quantitative estimate of drug-likeness (QED) is 0.383. The van der Waals surface area contributed by atoms with Crippen molar-refractivity contribution in [2.24, 2.45) is 0 Å². The van der Waals surface area contributed by atoms with Gasteiger partial charge < -0.3 is 33.5 Å². The molecule has 0 bridgehead atoms. The second kappa shape index (κ2) is 16.7. The molecule has 0 aliphatic rings. The van der Waals surface area contributed by atoms with Crippen LogP contribution < -0.4 is 0 Å². The van der Waals surface area contributed by atoms with E-state index >= 15 is 0 Å². The molecule has 0 amide bonds. The monoisotopic (exact) mass is 394 g/mol. The Morgan fingerprint density at radius 2 is 0.852 bits per heavy atom. The van der Waals surface area contributed by atoms with E-state index in [9.17, 15) is 0 Å². The molecule has 0 aliphatic heterocycles. The van der Waals surface area contributed by atoms with Gasteiger partial charge in [-0.1, -0.05) is 0 Å². The van der Waals surface area contributed by atoms with Crippen molar-refractivity contribution in [2.75, 3.05) is 49.3 Å². The minimum atomic E-state index is -0.0240. The maximum absolute atomic E-state index is 9.14. The molecule has 0 fully saturated rings. The summed E-state index contributed by atoms with van der Waals surface area (Å²) >= 11 is 0. The first-order valence-electron chi connectivity index (χ1n) is 9.75. The van der Waals surface area contributed by atoms with Crippen LogP contribution in [0.2, 0.25) is 0 Å². The predicted octanol–water partition coefficient (Wildman–Crippen LogP) is 2.43. The third-order valence-corrected chi connectivity index (χ3v) is 5.22. The highest BCUT2D eigenvalue weighted by Crippen LogP contribution is 2.21. The molecule has 0 spiro atoms. The molecule has 0 aromatic carbocycles. The minimum absolute atomic E-state index is 0.00360. The summed E-state index contributed by atoms with van der Waals surface area (Å²) in [5.74, 6) is 0. The normalized spacial score (nSPS) is 18.7. The van der Waals surface area contributed by atoms with Crippen molar-refractivity contribution in [1.82, 2.24) is 0 Å². The van der Waals surface area contributed by atoms with Crippen LogP contribution in [0.4, 0.5) is 0 Å². The Hall–Kier alpha value is -0.280. The number of aliphatic hydroxyl groups excluding tert-OH is 1. The molecule has 0 heterocycles. The Morgan fingerprint density at radius 1 is 0.519 bits per heavy atom. The molecule has 0 aromatic rings. The van der Waals surface area contributed by atoms with Crippen LogP contribution >= 0.6 is 0 Å². The van der Waals surface area contributed by atoms with E-state index in [4.69, 9.17) is 33.5 Å². The summed E-state index contributed by atoms with van der Waals surface area (Å²) in [5.41, 5.74) is 0. The number of ether oxygens (including phenoxy) is 6. The van der Waals surface area contributed by atoms with Gasteiger partial charge in [0.15, 0.2) is 0 Å². The number of methoxy groups -OCH3 is 6. The van der Waals surface area contributed by atoms with Crippen LogP contribution in [-0.2, 0) is 28.4 Å². The van der Waals surface area contributed by atoms with E-state index in [1.54, 1.807) is 42.7 Å². The highest BCUT2D eigenvalue weighted by Gasteiger charge is 2.25. The lowest BCUT2D eigenvalue weighted by atomic mass is 9.96. The Morgan fingerprint density at radius 3 is 1.15 bits per heavy atom. The third kappa shape index (κ3) is 12.0. The molecule has 0 rings (SSSR count). The number of rotatable bonds is 18. The zero-order chi connectivity index (χ0) is 20.7. The predicted molar refractivity (Wildman–Crippen MR) is 105 cm³/mol. The van der Waals surface area contributed by atoms with E-state index in [-0.39, 0.29) is 43.2 Å². The second-order valence-corrected chi connectivity index (χ2v) is 7.03. The average molecular weight is 395 g/mol. The van der Waals surface area contributed by atoms with Crippen LogP contribution in [0.25, 0.3) is 0 Å². The molecule has 7 nitrogen and oxygen atoms in total. The van der Waals surface area contributed by atoms with Gasteiger partial charge in [-0.15, -0.1) is 0 Å². The van der Waals surface area contributed by atoms with Gasteiger partial charge >= 0.3 is 0 Å². The molecule has 0 saturated heterocycles. The first kappa shape index (κ1) is 26.7. The van der Waals surface area contributed by atoms with Crippen LogP contribution in [0, 0.1) is 0 Å². The van der Waals surface area contributed by atoms with Gasteiger partial charge in [0.25, 0.3) is 0 Å². The van der Waals surface area contributed by atoms with Gasteiger partial charge in [-0.05, 0) is 45.4 Å². The van der Waals surface area contributed by atoms with E-state index in [0.717, 1.165) is 32.1 Å². The number of hydrogen-bond acceptors (Lipinski definition) is 7. The zero-order valence-electron chi connectivity index (χ0n) is 18.3. The van der Waals surface area contributed by atoms with E-state index in [0.29, 0.717) is 6.42 Å². The fourth-order valence-corrected chi connectivity index (χ4v) is 3.27. The molecule has 0 aliphatic carbocycles. The van der Waals surface area contributed by atoms with Crippen molar-refractivity contribution in [2.45, 2.75) is 82.1 Å². The number of hydrogen-bond donors (Lipinski definition) is 1. The van der Waals surface area contributed by atoms with Gasteiger partial charge in [0, 0.05) is 49.3 Å². The van der Waals surface area contributed by atoms with E-state index in [1.165, 1.54) is 0 Å². The van der Waals surface area contributed by atoms with Gasteiger partial charge in [-0.2, -0.15) is 0 Å². The van der Waals surface area contributed by atoms with Crippen molar-refractivity contribution in [3.63, 3.8) is 0 Å². The van der Waals surface area contributed by atoms with Crippen molar-refractivity contribution in [3.8, 4) is 0 Å². The average Bonchev–Trinajstić information content (AvgIpc) is 2.69. The summed E-state index contributed by atoms with van der Waals surface area (Å²) in [6.07, 6.45) is 4.63.